The van der Waals surface area contributed by atoms with Gasteiger partial charge in [-0.05, 0) is 29.7 Å². The predicted octanol–water partition coefficient (Wildman–Crippen LogP) is 2.83. The SMILES string of the molecule is NC(CNO)Cc1ccc(SCc2ccccc2)cc1. The Morgan fingerprint density at radius 3 is 2.35 bits per heavy atom. The summed E-state index contributed by atoms with van der Waals surface area (Å²) in [5.41, 5.74) is 10.5. The van der Waals surface area contributed by atoms with Crippen molar-refractivity contribution in [2.24, 2.45) is 5.73 Å². The monoisotopic (exact) mass is 288 g/mol. The van der Waals surface area contributed by atoms with Crippen molar-refractivity contribution in [3.05, 3.63) is 65.7 Å². The summed E-state index contributed by atoms with van der Waals surface area (Å²) in [6.07, 6.45) is 0.761. The molecular formula is C16H20N2OS. The van der Waals surface area contributed by atoms with Crippen molar-refractivity contribution >= 4 is 11.8 Å². The lowest BCUT2D eigenvalue weighted by Gasteiger charge is -2.10. The second-order valence-electron chi connectivity index (χ2n) is 4.74. The molecule has 0 radical (unpaired) electrons. The summed E-state index contributed by atoms with van der Waals surface area (Å²) in [5, 5.41) is 8.60. The number of nitrogens with two attached hydrogens (primary N) is 1. The Kier molecular flexibility index (Phi) is 6.08. The van der Waals surface area contributed by atoms with Crippen LogP contribution in [0.5, 0.6) is 0 Å². The van der Waals surface area contributed by atoms with Crippen LogP contribution in [-0.4, -0.2) is 17.8 Å². The van der Waals surface area contributed by atoms with Gasteiger partial charge in [0, 0.05) is 23.2 Å². The third-order valence-electron chi connectivity index (χ3n) is 3.02. The molecule has 0 spiro atoms. The van der Waals surface area contributed by atoms with Crippen molar-refractivity contribution in [1.82, 2.24) is 5.48 Å². The number of benzene rings is 2. The Hall–Kier alpha value is -1.33. The van der Waals surface area contributed by atoms with Gasteiger partial charge in [-0.15, -0.1) is 11.8 Å². The molecule has 0 aliphatic carbocycles. The molecule has 0 fully saturated rings. The molecule has 1 atom stereocenters. The summed E-state index contributed by atoms with van der Waals surface area (Å²) < 4.78 is 0. The fourth-order valence-electron chi connectivity index (χ4n) is 1.95. The molecule has 4 N–H and O–H groups in total. The molecule has 0 aliphatic heterocycles. The van der Waals surface area contributed by atoms with Gasteiger partial charge in [0.15, 0.2) is 0 Å². The fourth-order valence-corrected chi connectivity index (χ4v) is 2.81. The molecule has 2 aromatic carbocycles. The second-order valence-corrected chi connectivity index (χ2v) is 5.79. The lowest BCUT2D eigenvalue weighted by molar-refractivity contribution is 0.160. The van der Waals surface area contributed by atoms with E-state index in [-0.39, 0.29) is 6.04 Å². The highest BCUT2D eigenvalue weighted by Gasteiger charge is 2.03. The van der Waals surface area contributed by atoms with E-state index in [4.69, 9.17) is 10.9 Å². The molecule has 3 nitrogen and oxygen atoms in total. The van der Waals surface area contributed by atoms with Gasteiger partial charge in [-0.25, -0.2) is 5.48 Å². The minimum absolute atomic E-state index is 0.0668. The third kappa shape index (κ3) is 4.98. The normalized spacial score (nSPS) is 12.3. The average molecular weight is 288 g/mol. The Bertz CT molecular complexity index is 502. The molecular weight excluding hydrogens is 268 g/mol. The van der Waals surface area contributed by atoms with E-state index in [1.54, 1.807) is 0 Å². The van der Waals surface area contributed by atoms with Crippen LogP contribution in [0.1, 0.15) is 11.1 Å². The number of nitrogens with one attached hydrogen (secondary N) is 1. The van der Waals surface area contributed by atoms with E-state index < -0.39 is 0 Å². The number of hydrogen-bond donors (Lipinski definition) is 3. The van der Waals surface area contributed by atoms with Crippen molar-refractivity contribution in [2.75, 3.05) is 6.54 Å². The maximum absolute atomic E-state index is 8.60. The molecule has 2 rings (SSSR count). The Balaban J connectivity index is 1.85. The van der Waals surface area contributed by atoms with Crippen molar-refractivity contribution in [3.63, 3.8) is 0 Å². The molecule has 0 amide bonds. The van der Waals surface area contributed by atoms with E-state index in [0.717, 1.165) is 12.2 Å². The molecule has 1 unspecified atom stereocenters. The van der Waals surface area contributed by atoms with E-state index in [0.29, 0.717) is 6.54 Å². The highest BCUT2D eigenvalue weighted by Crippen LogP contribution is 2.23. The van der Waals surface area contributed by atoms with Gasteiger partial charge in [0.1, 0.15) is 0 Å². The van der Waals surface area contributed by atoms with Crippen molar-refractivity contribution in [2.45, 2.75) is 23.1 Å². The lowest BCUT2D eigenvalue weighted by Crippen LogP contribution is -2.33. The first kappa shape index (κ1) is 15.1. The maximum Gasteiger partial charge on any atom is 0.0362 e. The minimum atomic E-state index is -0.0668. The highest BCUT2D eigenvalue weighted by atomic mass is 32.2. The zero-order chi connectivity index (χ0) is 14.2. The van der Waals surface area contributed by atoms with Gasteiger partial charge in [-0.2, -0.15) is 0 Å². The van der Waals surface area contributed by atoms with E-state index in [2.05, 4.69) is 54.0 Å². The number of thioether (sulfide) groups is 1. The second kappa shape index (κ2) is 8.07. The smallest absolute Gasteiger partial charge is 0.0362 e. The molecule has 20 heavy (non-hydrogen) atoms. The summed E-state index contributed by atoms with van der Waals surface area (Å²) in [5.74, 6) is 0.980. The van der Waals surface area contributed by atoms with Crippen LogP contribution in [0.4, 0.5) is 0 Å². The lowest BCUT2D eigenvalue weighted by atomic mass is 10.1. The molecule has 106 valence electrons. The summed E-state index contributed by atoms with van der Waals surface area (Å²) >= 11 is 1.83. The average Bonchev–Trinajstić information content (AvgIpc) is 2.48. The topological polar surface area (TPSA) is 58.3 Å². The van der Waals surface area contributed by atoms with Gasteiger partial charge in [0.2, 0.25) is 0 Å². The van der Waals surface area contributed by atoms with E-state index in [1.165, 1.54) is 16.0 Å². The van der Waals surface area contributed by atoms with Gasteiger partial charge in [0.05, 0.1) is 0 Å². The molecule has 0 aliphatic rings. The molecule has 4 heteroatoms. The van der Waals surface area contributed by atoms with E-state index in [1.807, 2.05) is 17.8 Å². The van der Waals surface area contributed by atoms with Gasteiger partial charge in [0.25, 0.3) is 0 Å². The van der Waals surface area contributed by atoms with Crippen LogP contribution in [0.3, 0.4) is 0 Å². The van der Waals surface area contributed by atoms with Crippen LogP contribution in [0, 0.1) is 0 Å². The van der Waals surface area contributed by atoms with E-state index >= 15 is 0 Å². The largest absolute Gasteiger partial charge is 0.326 e. The standard InChI is InChI=1S/C16H20N2OS/c17-15(11-18-19)10-13-6-8-16(9-7-13)20-12-14-4-2-1-3-5-14/h1-9,15,18-19H,10-12,17H2. The van der Waals surface area contributed by atoms with Crippen LogP contribution in [0.2, 0.25) is 0 Å². The molecule has 0 heterocycles. The minimum Gasteiger partial charge on any atom is -0.326 e. The van der Waals surface area contributed by atoms with Crippen molar-refractivity contribution in [1.29, 1.82) is 0 Å². The first-order valence-corrected chi connectivity index (χ1v) is 7.64. The van der Waals surface area contributed by atoms with Crippen molar-refractivity contribution < 1.29 is 5.21 Å². The molecule has 0 bridgehead atoms. The van der Waals surface area contributed by atoms with E-state index in [9.17, 15) is 0 Å². The van der Waals surface area contributed by atoms with Crippen LogP contribution in [0.25, 0.3) is 0 Å². The first-order valence-electron chi connectivity index (χ1n) is 6.66. The number of hydrogen-bond acceptors (Lipinski definition) is 4. The van der Waals surface area contributed by atoms with Gasteiger partial charge < -0.3 is 10.9 Å². The highest BCUT2D eigenvalue weighted by molar-refractivity contribution is 7.98. The zero-order valence-electron chi connectivity index (χ0n) is 11.3. The molecule has 2 aromatic rings. The van der Waals surface area contributed by atoms with Crippen molar-refractivity contribution in [3.8, 4) is 0 Å². The van der Waals surface area contributed by atoms with Crippen LogP contribution < -0.4 is 11.2 Å². The number of hydroxylamine groups is 1. The summed E-state index contributed by atoms with van der Waals surface area (Å²) in [4.78, 5) is 1.26. The van der Waals surface area contributed by atoms with Crippen LogP contribution in [-0.2, 0) is 12.2 Å². The molecule has 0 aromatic heterocycles. The Morgan fingerprint density at radius 2 is 1.70 bits per heavy atom. The van der Waals surface area contributed by atoms with Crippen LogP contribution >= 0.6 is 11.8 Å². The zero-order valence-corrected chi connectivity index (χ0v) is 12.1. The van der Waals surface area contributed by atoms with Gasteiger partial charge >= 0.3 is 0 Å². The summed E-state index contributed by atoms with van der Waals surface area (Å²) in [7, 11) is 0. The number of rotatable bonds is 7. The summed E-state index contributed by atoms with van der Waals surface area (Å²) in [6, 6.07) is 18.8. The van der Waals surface area contributed by atoms with Crippen LogP contribution in [0.15, 0.2) is 59.5 Å². The quantitative estimate of drug-likeness (QED) is 0.541. The summed E-state index contributed by atoms with van der Waals surface area (Å²) in [6.45, 7) is 0.407. The molecule has 0 saturated heterocycles. The van der Waals surface area contributed by atoms with Gasteiger partial charge in [-0.3, -0.25) is 0 Å². The third-order valence-corrected chi connectivity index (χ3v) is 4.11. The molecule has 0 saturated carbocycles. The Morgan fingerprint density at radius 1 is 1.00 bits per heavy atom. The van der Waals surface area contributed by atoms with Gasteiger partial charge in [-0.1, -0.05) is 42.5 Å². The fraction of sp³-hybridized carbons (Fsp3) is 0.250. The Labute approximate surface area is 124 Å². The predicted molar refractivity (Wildman–Crippen MR) is 83.9 cm³/mol. The maximum atomic E-state index is 8.60. The first-order chi connectivity index (χ1) is 9.78.